The van der Waals surface area contributed by atoms with Crippen molar-refractivity contribution < 1.29 is 14.3 Å². The average molecular weight is 450 g/mol. The standard InChI is InChI=1S/C25H24ClN3O3/c26-20-11-12-23(32-21-9-5-2-6-10-21)22(17-20)27-24(30)18-28-13-15-29(16-14-28)25(31)19-7-3-1-4-8-19/h1-12,17H,13-16,18H2,(H,27,30). The number of anilines is 1. The van der Waals surface area contributed by atoms with Crippen molar-refractivity contribution in [3.8, 4) is 11.5 Å². The lowest BCUT2D eigenvalue weighted by atomic mass is 10.2. The summed E-state index contributed by atoms with van der Waals surface area (Å²) in [6, 6.07) is 23.7. The zero-order valence-corrected chi connectivity index (χ0v) is 18.3. The molecule has 0 unspecified atom stereocenters. The van der Waals surface area contributed by atoms with E-state index in [0.717, 1.165) is 0 Å². The summed E-state index contributed by atoms with van der Waals surface area (Å²) in [4.78, 5) is 29.2. The molecule has 4 rings (SSSR count). The summed E-state index contributed by atoms with van der Waals surface area (Å²) in [5, 5.41) is 3.42. The largest absolute Gasteiger partial charge is 0.455 e. The van der Waals surface area contributed by atoms with E-state index in [9.17, 15) is 9.59 Å². The SMILES string of the molecule is O=C(CN1CCN(C(=O)c2ccccc2)CC1)Nc1cc(Cl)ccc1Oc1ccccc1. The Morgan fingerprint density at radius 1 is 0.875 bits per heavy atom. The molecule has 0 aromatic heterocycles. The number of ether oxygens (including phenoxy) is 1. The number of nitrogens with zero attached hydrogens (tertiary/aromatic N) is 2. The Kier molecular flexibility index (Phi) is 7.04. The second-order valence-corrected chi connectivity index (χ2v) is 7.97. The number of halogens is 1. The molecule has 0 aliphatic carbocycles. The number of hydrogen-bond acceptors (Lipinski definition) is 4. The number of nitrogens with one attached hydrogen (secondary N) is 1. The first-order valence-electron chi connectivity index (χ1n) is 10.5. The first kappa shape index (κ1) is 21.9. The number of para-hydroxylation sites is 1. The van der Waals surface area contributed by atoms with Gasteiger partial charge in [0.2, 0.25) is 5.91 Å². The lowest BCUT2D eigenvalue weighted by Crippen LogP contribution is -2.50. The summed E-state index contributed by atoms with van der Waals surface area (Å²) in [6.45, 7) is 2.66. The number of piperazine rings is 1. The van der Waals surface area contributed by atoms with Crippen molar-refractivity contribution in [2.45, 2.75) is 0 Å². The first-order valence-corrected chi connectivity index (χ1v) is 10.9. The van der Waals surface area contributed by atoms with Crippen molar-refractivity contribution in [1.82, 2.24) is 9.80 Å². The molecule has 1 heterocycles. The van der Waals surface area contributed by atoms with E-state index in [1.807, 2.05) is 70.5 Å². The summed E-state index contributed by atoms with van der Waals surface area (Å²) < 4.78 is 5.91. The van der Waals surface area contributed by atoms with Crippen LogP contribution in [0.15, 0.2) is 78.9 Å². The number of hydrogen-bond donors (Lipinski definition) is 1. The highest BCUT2D eigenvalue weighted by molar-refractivity contribution is 6.31. The van der Waals surface area contributed by atoms with Crippen LogP contribution >= 0.6 is 11.6 Å². The zero-order valence-electron chi connectivity index (χ0n) is 17.5. The van der Waals surface area contributed by atoms with Gasteiger partial charge in [-0.3, -0.25) is 14.5 Å². The molecule has 1 N–H and O–H groups in total. The Hall–Kier alpha value is -3.35. The van der Waals surface area contributed by atoms with Gasteiger partial charge in [0.1, 0.15) is 5.75 Å². The van der Waals surface area contributed by atoms with Crippen molar-refractivity contribution in [3.63, 3.8) is 0 Å². The van der Waals surface area contributed by atoms with Gasteiger partial charge < -0.3 is 15.0 Å². The van der Waals surface area contributed by atoms with Crippen LogP contribution in [0, 0.1) is 0 Å². The molecule has 32 heavy (non-hydrogen) atoms. The Morgan fingerprint density at radius 3 is 2.22 bits per heavy atom. The average Bonchev–Trinajstić information content (AvgIpc) is 2.82. The van der Waals surface area contributed by atoms with Crippen LogP contribution in [0.3, 0.4) is 0 Å². The van der Waals surface area contributed by atoms with Gasteiger partial charge in [-0.2, -0.15) is 0 Å². The second-order valence-electron chi connectivity index (χ2n) is 7.54. The molecule has 164 valence electrons. The molecule has 0 saturated carbocycles. The molecule has 1 saturated heterocycles. The van der Waals surface area contributed by atoms with Crippen molar-refractivity contribution >= 4 is 29.1 Å². The van der Waals surface area contributed by atoms with Crippen LogP contribution in [-0.4, -0.2) is 54.3 Å². The van der Waals surface area contributed by atoms with Crippen LogP contribution in [0.4, 0.5) is 5.69 Å². The first-order chi connectivity index (χ1) is 15.6. The van der Waals surface area contributed by atoms with Crippen LogP contribution < -0.4 is 10.1 Å². The van der Waals surface area contributed by atoms with E-state index >= 15 is 0 Å². The topological polar surface area (TPSA) is 61.9 Å². The number of carbonyl (C=O) groups is 2. The molecule has 0 spiro atoms. The summed E-state index contributed by atoms with van der Waals surface area (Å²) in [7, 11) is 0. The summed E-state index contributed by atoms with van der Waals surface area (Å²) in [5.74, 6) is 1.06. The molecule has 3 aromatic carbocycles. The van der Waals surface area contributed by atoms with E-state index in [1.54, 1.807) is 18.2 Å². The Morgan fingerprint density at radius 2 is 1.53 bits per heavy atom. The van der Waals surface area contributed by atoms with E-state index in [4.69, 9.17) is 16.3 Å². The fourth-order valence-electron chi connectivity index (χ4n) is 3.57. The highest BCUT2D eigenvalue weighted by Gasteiger charge is 2.23. The van der Waals surface area contributed by atoms with E-state index in [0.29, 0.717) is 54.0 Å². The van der Waals surface area contributed by atoms with Crippen LogP contribution in [0.1, 0.15) is 10.4 Å². The molecule has 0 radical (unpaired) electrons. The van der Waals surface area contributed by atoms with Gasteiger partial charge in [0.15, 0.2) is 5.75 Å². The molecule has 2 amide bonds. The molecule has 0 atom stereocenters. The molecule has 6 nitrogen and oxygen atoms in total. The minimum absolute atomic E-state index is 0.0244. The van der Waals surface area contributed by atoms with Gasteiger partial charge in [-0.1, -0.05) is 48.0 Å². The quantitative estimate of drug-likeness (QED) is 0.600. The van der Waals surface area contributed by atoms with Crippen LogP contribution in [0.25, 0.3) is 0 Å². The minimum atomic E-state index is -0.159. The summed E-state index contributed by atoms with van der Waals surface area (Å²) in [5.41, 5.74) is 1.20. The predicted molar refractivity (Wildman–Crippen MR) is 125 cm³/mol. The van der Waals surface area contributed by atoms with Crippen LogP contribution in [0.5, 0.6) is 11.5 Å². The zero-order chi connectivity index (χ0) is 22.3. The maximum absolute atomic E-state index is 12.7. The second kappa shape index (κ2) is 10.3. The highest BCUT2D eigenvalue weighted by atomic mass is 35.5. The van der Waals surface area contributed by atoms with Crippen molar-refractivity contribution in [2.75, 3.05) is 38.0 Å². The summed E-state index contributed by atoms with van der Waals surface area (Å²) >= 11 is 6.14. The predicted octanol–water partition coefficient (Wildman–Crippen LogP) is 4.53. The maximum Gasteiger partial charge on any atom is 0.253 e. The van der Waals surface area contributed by atoms with E-state index < -0.39 is 0 Å². The fourth-order valence-corrected chi connectivity index (χ4v) is 3.74. The van der Waals surface area contributed by atoms with E-state index in [2.05, 4.69) is 5.32 Å². The third-order valence-electron chi connectivity index (χ3n) is 5.23. The lowest BCUT2D eigenvalue weighted by molar-refractivity contribution is -0.117. The molecule has 1 fully saturated rings. The van der Waals surface area contributed by atoms with Gasteiger partial charge in [0.05, 0.1) is 12.2 Å². The molecule has 3 aromatic rings. The van der Waals surface area contributed by atoms with Gasteiger partial charge in [0.25, 0.3) is 5.91 Å². The third-order valence-corrected chi connectivity index (χ3v) is 5.47. The Balaban J connectivity index is 1.33. The van der Waals surface area contributed by atoms with Crippen molar-refractivity contribution in [3.05, 3.63) is 89.4 Å². The molecule has 1 aliphatic heterocycles. The minimum Gasteiger partial charge on any atom is -0.455 e. The van der Waals surface area contributed by atoms with Gasteiger partial charge in [-0.25, -0.2) is 0 Å². The van der Waals surface area contributed by atoms with Crippen molar-refractivity contribution in [2.24, 2.45) is 0 Å². The van der Waals surface area contributed by atoms with Gasteiger partial charge in [0, 0.05) is 36.8 Å². The number of carbonyl (C=O) groups excluding carboxylic acids is 2. The van der Waals surface area contributed by atoms with Gasteiger partial charge in [-0.05, 0) is 42.5 Å². The fraction of sp³-hybridized carbons (Fsp3) is 0.200. The lowest BCUT2D eigenvalue weighted by Gasteiger charge is -2.34. The Bertz CT molecular complexity index is 1070. The van der Waals surface area contributed by atoms with Gasteiger partial charge in [-0.15, -0.1) is 0 Å². The molecular formula is C25H24ClN3O3. The number of rotatable bonds is 6. The van der Waals surface area contributed by atoms with E-state index in [1.165, 1.54) is 0 Å². The molecule has 1 aliphatic rings. The monoisotopic (exact) mass is 449 g/mol. The van der Waals surface area contributed by atoms with Gasteiger partial charge >= 0.3 is 0 Å². The van der Waals surface area contributed by atoms with E-state index in [-0.39, 0.29) is 18.4 Å². The number of benzene rings is 3. The number of amides is 2. The highest BCUT2D eigenvalue weighted by Crippen LogP contribution is 2.32. The van der Waals surface area contributed by atoms with Crippen molar-refractivity contribution in [1.29, 1.82) is 0 Å². The summed E-state index contributed by atoms with van der Waals surface area (Å²) in [6.07, 6.45) is 0. The Labute approximate surface area is 192 Å². The third kappa shape index (κ3) is 5.66. The maximum atomic E-state index is 12.7. The van der Waals surface area contributed by atoms with Crippen LogP contribution in [0.2, 0.25) is 5.02 Å². The smallest absolute Gasteiger partial charge is 0.253 e. The van der Waals surface area contributed by atoms with Crippen LogP contribution in [-0.2, 0) is 4.79 Å². The molecule has 0 bridgehead atoms. The normalized spacial score (nSPS) is 14.1. The molecular weight excluding hydrogens is 426 g/mol. The molecule has 7 heteroatoms.